The molecule has 0 spiro atoms. The van der Waals surface area contributed by atoms with Gasteiger partial charge in [-0.25, -0.2) is 0 Å². The maximum absolute atomic E-state index is 11.7. The van der Waals surface area contributed by atoms with Crippen LogP contribution in [0.2, 0.25) is 0 Å². The minimum absolute atomic E-state index is 0.00294. The molecular weight excluding hydrogens is 229 g/mol. The van der Waals surface area contributed by atoms with Crippen molar-refractivity contribution in [1.82, 2.24) is 4.90 Å². The summed E-state index contributed by atoms with van der Waals surface area (Å²) < 4.78 is 39.5. The molecule has 3 nitrogen and oxygen atoms in total. The summed E-state index contributed by atoms with van der Waals surface area (Å²) in [7, 11) is 1.72. The second-order valence-corrected chi connectivity index (χ2v) is 3.70. The molecule has 0 aromatic carbocycles. The van der Waals surface area contributed by atoms with Crippen LogP contribution in [0.15, 0.2) is 0 Å². The van der Waals surface area contributed by atoms with Crippen LogP contribution in [0.4, 0.5) is 13.2 Å². The average molecular weight is 244 g/mol. The van der Waals surface area contributed by atoms with Gasteiger partial charge in [0.25, 0.3) is 0 Å². The van der Waals surface area contributed by atoms with E-state index in [1.807, 2.05) is 0 Å². The number of likely N-dealkylation sites (N-methyl/N-ethyl adjacent to an activating group) is 1. The fraction of sp³-hybridized carbons (Fsp3) is 0.875. The van der Waals surface area contributed by atoms with Gasteiger partial charge in [-0.15, -0.1) is 0 Å². The molecule has 90 valence electrons. The highest BCUT2D eigenvalue weighted by molar-refractivity contribution is 7.80. The lowest BCUT2D eigenvalue weighted by Crippen LogP contribution is -2.41. The lowest BCUT2D eigenvalue weighted by molar-refractivity contribution is -0.174. The predicted octanol–water partition coefficient (Wildman–Crippen LogP) is 1.17. The lowest BCUT2D eigenvalue weighted by Gasteiger charge is -2.23. The minimum Gasteiger partial charge on any atom is -0.392 e. The average Bonchev–Trinajstić information content (AvgIpc) is 2.09. The Morgan fingerprint density at radius 3 is 2.47 bits per heavy atom. The second kappa shape index (κ2) is 6.24. The van der Waals surface area contributed by atoms with Crippen molar-refractivity contribution in [1.29, 1.82) is 0 Å². The van der Waals surface area contributed by atoms with Crippen molar-refractivity contribution in [3.8, 4) is 0 Å². The van der Waals surface area contributed by atoms with Crippen molar-refractivity contribution in [3.63, 3.8) is 0 Å². The van der Waals surface area contributed by atoms with Crippen molar-refractivity contribution < 1.29 is 17.9 Å². The number of thiocarbonyl (C=S) groups is 1. The number of hydrogen-bond donors (Lipinski definition) is 1. The molecule has 1 unspecified atom stereocenters. The van der Waals surface area contributed by atoms with Crippen LogP contribution in [0, 0.1) is 0 Å². The van der Waals surface area contributed by atoms with E-state index >= 15 is 0 Å². The van der Waals surface area contributed by atoms with Gasteiger partial charge in [-0.3, -0.25) is 4.90 Å². The number of hydrogen-bond acceptors (Lipinski definition) is 3. The third-order valence-corrected chi connectivity index (χ3v) is 2.27. The quantitative estimate of drug-likeness (QED) is 0.562. The number of nitrogens with zero attached hydrogens (tertiary/aromatic N) is 1. The molecule has 0 aliphatic carbocycles. The molecule has 7 heteroatoms. The van der Waals surface area contributed by atoms with E-state index in [1.165, 1.54) is 0 Å². The zero-order chi connectivity index (χ0) is 12.1. The van der Waals surface area contributed by atoms with Gasteiger partial charge in [0.1, 0.15) is 6.61 Å². The van der Waals surface area contributed by atoms with E-state index in [-0.39, 0.29) is 12.6 Å². The summed E-state index contributed by atoms with van der Waals surface area (Å²) >= 11 is 4.75. The lowest BCUT2D eigenvalue weighted by atomic mass is 10.3. The largest absolute Gasteiger partial charge is 0.411 e. The van der Waals surface area contributed by atoms with Gasteiger partial charge in [-0.05, 0) is 14.0 Å². The van der Waals surface area contributed by atoms with Crippen LogP contribution in [0.5, 0.6) is 0 Å². The first kappa shape index (κ1) is 14.6. The molecule has 0 radical (unpaired) electrons. The molecule has 1 atom stereocenters. The Balaban J connectivity index is 3.64. The van der Waals surface area contributed by atoms with E-state index in [0.29, 0.717) is 11.5 Å². The van der Waals surface area contributed by atoms with E-state index < -0.39 is 12.8 Å². The number of nitrogens with two attached hydrogens (primary N) is 1. The summed E-state index contributed by atoms with van der Waals surface area (Å²) in [5.41, 5.74) is 5.38. The Morgan fingerprint density at radius 1 is 1.53 bits per heavy atom. The predicted molar refractivity (Wildman–Crippen MR) is 55.8 cm³/mol. The zero-order valence-electron chi connectivity index (χ0n) is 8.67. The first-order chi connectivity index (χ1) is 6.74. The normalized spacial score (nSPS) is 14.3. The van der Waals surface area contributed by atoms with Crippen molar-refractivity contribution in [3.05, 3.63) is 0 Å². The van der Waals surface area contributed by atoms with Gasteiger partial charge < -0.3 is 10.5 Å². The van der Waals surface area contributed by atoms with Crippen LogP contribution >= 0.6 is 12.2 Å². The Morgan fingerprint density at radius 2 is 2.07 bits per heavy atom. The van der Waals surface area contributed by atoms with Crippen molar-refractivity contribution in [2.75, 3.05) is 26.8 Å². The van der Waals surface area contributed by atoms with E-state index in [9.17, 15) is 13.2 Å². The van der Waals surface area contributed by atoms with E-state index in [1.54, 1.807) is 18.9 Å². The Bertz CT molecular complexity index is 211. The summed E-state index contributed by atoms with van der Waals surface area (Å²) in [6, 6.07) is -0.144. The van der Waals surface area contributed by atoms with Crippen LogP contribution in [0.3, 0.4) is 0 Å². The molecule has 0 fully saturated rings. The van der Waals surface area contributed by atoms with Gasteiger partial charge in [0.15, 0.2) is 0 Å². The molecule has 0 amide bonds. The first-order valence-corrected chi connectivity index (χ1v) is 4.79. The topological polar surface area (TPSA) is 38.5 Å². The Hall–Kier alpha value is -0.400. The van der Waals surface area contributed by atoms with Gasteiger partial charge in [-0.2, -0.15) is 13.2 Å². The molecule has 0 heterocycles. The summed E-state index contributed by atoms with van der Waals surface area (Å²) in [5, 5.41) is 0. The fourth-order valence-corrected chi connectivity index (χ4v) is 0.987. The van der Waals surface area contributed by atoms with Crippen molar-refractivity contribution in [2.45, 2.75) is 19.1 Å². The third-order valence-electron chi connectivity index (χ3n) is 1.93. The van der Waals surface area contributed by atoms with Crippen molar-refractivity contribution >= 4 is 17.2 Å². The van der Waals surface area contributed by atoms with Gasteiger partial charge in [0, 0.05) is 6.54 Å². The molecule has 0 aliphatic rings. The van der Waals surface area contributed by atoms with Crippen LogP contribution in [-0.4, -0.2) is 48.9 Å². The molecular formula is C8H15F3N2OS. The molecule has 0 bridgehead atoms. The summed E-state index contributed by atoms with van der Waals surface area (Å²) in [6.45, 7) is 0.923. The molecule has 0 saturated carbocycles. The molecule has 0 aliphatic heterocycles. The van der Waals surface area contributed by atoms with E-state index in [4.69, 9.17) is 18.0 Å². The highest BCUT2D eigenvalue weighted by atomic mass is 32.1. The number of halogens is 3. The van der Waals surface area contributed by atoms with Crippen LogP contribution < -0.4 is 5.73 Å². The van der Waals surface area contributed by atoms with Gasteiger partial charge in [-0.1, -0.05) is 12.2 Å². The molecule has 0 rings (SSSR count). The monoisotopic (exact) mass is 244 g/mol. The van der Waals surface area contributed by atoms with E-state index in [2.05, 4.69) is 4.74 Å². The van der Waals surface area contributed by atoms with Gasteiger partial charge in [0.2, 0.25) is 0 Å². The molecule has 2 N–H and O–H groups in total. The Kier molecular flexibility index (Phi) is 6.07. The number of alkyl halides is 3. The molecule has 0 aromatic rings. The van der Waals surface area contributed by atoms with Crippen molar-refractivity contribution in [2.24, 2.45) is 5.73 Å². The van der Waals surface area contributed by atoms with E-state index in [0.717, 1.165) is 0 Å². The standard InChI is InChI=1S/C8H15F3N2OS/c1-6(7(12)15)13(2)3-4-14-5-8(9,10)11/h6H,3-5H2,1-2H3,(H2,12,15). The SMILES string of the molecule is CC(C(N)=S)N(C)CCOCC(F)(F)F. The fourth-order valence-electron chi connectivity index (χ4n) is 0.807. The van der Waals surface area contributed by atoms with Gasteiger partial charge >= 0.3 is 6.18 Å². The highest BCUT2D eigenvalue weighted by Gasteiger charge is 2.27. The van der Waals surface area contributed by atoms with Crippen LogP contribution in [-0.2, 0) is 4.74 Å². The number of ether oxygens (including phenoxy) is 1. The van der Waals surface area contributed by atoms with Crippen LogP contribution in [0.25, 0.3) is 0 Å². The smallest absolute Gasteiger partial charge is 0.392 e. The minimum atomic E-state index is -4.27. The molecule has 0 saturated heterocycles. The molecule has 15 heavy (non-hydrogen) atoms. The second-order valence-electron chi connectivity index (χ2n) is 3.23. The first-order valence-electron chi connectivity index (χ1n) is 4.38. The summed E-state index contributed by atoms with van der Waals surface area (Å²) in [5.74, 6) is 0. The maximum Gasteiger partial charge on any atom is 0.411 e. The third kappa shape index (κ3) is 7.52. The van der Waals surface area contributed by atoms with Gasteiger partial charge in [0.05, 0.1) is 17.6 Å². The van der Waals surface area contributed by atoms with Crippen LogP contribution in [0.1, 0.15) is 6.92 Å². The molecule has 0 aromatic heterocycles. The Labute approximate surface area is 92.4 Å². The highest BCUT2D eigenvalue weighted by Crippen LogP contribution is 2.14. The zero-order valence-corrected chi connectivity index (χ0v) is 9.49. The summed E-state index contributed by atoms with van der Waals surface area (Å²) in [6.07, 6.45) is -4.27. The number of rotatable bonds is 6. The maximum atomic E-state index is 11.7. The summed E-state index contributed by atoms with van der Waals surface area (Å²) in [4.78, 5) is 2.05.